The average Bonchev–Trinajstić information content (AvgIpc) is 2.32. The minimum atomic E-state index is -4.40. The Morgan fingerprint density at radius 2 is 1.48 bits per heavy atom. The van der Waals surface area contributed by atoms with E-state index in [1.54, 1.807) is 13.8 Å². The summed E-state index contributed by atoms with van der Waals surface area (Å²) in [5, 5.41) is 0. The lowest BCUT2D eigenvalue weighted by Crippen LogP contribution is -2.39. The van der Waals surface area contributed by atoms with Gasteiger partial charge in [-0.2, -0.15) is 0 Å². The molecule has 0 aromatic heterocycles. The lowest BCUT2D eigenvalue weighted by atomic mass is 9.83. The Kier molecular flexibility index (Phi) is 6.45. The highest BCUT2D eigenvalue weighted by Crippen LogP contribution is 2.34. The molecule has 0 saturated heterocycles. The van der Waals surface area contributed by atoms with E-state index in [2.05, 4.69) is 0 Å². The molecule has 0 unspecified atom stereocenters. The molecule has 0 saturated carbocycles. The van der Waals surface area contributed by atoms with E-state index in [0.29, 0.717) is 12.8 Å². The molecule has 0 N–H and O–H groups in total. The third-order valence-corrected chi connectivity index (χ3v) is 5.73. The van der Waals surface area contributed by atoms with E-state index >= 15 is 0 Å². The van der Waals surface area contributed by atoms with Crippen LogP contribution in [0, 0.1) is 10.8 Å². The molecule has 0 aromatic rings. The third kappa shape index (κ3) is 5.58. The van der Waals surface area contributed by atoms with Gasteiger partial charge in [0.05, 0.1) is 26.9 Å². The van der Waals surface area contributed by atoms with E-state index < -0.39 is 25.7 Å². The van der Waals surface area contributed by atoms with Crippen LogP contribution in [0.1, 0.15) is 67.7 Å². The number of ether oxygens (including phenoxy) is 1. The fraction of sp³-hybridized carbons (Fsp3) is 0.933. The average molecular weight is 321 g/mol. The van der Waals surface area contributed by atoms with Crippen LogP contribution < -0.4 is 0 Å². The van der Waals surface area contributed by atoms with Gasteiger partial charge in [-0.25, -0.2) is 8.42 Å². The Bertz CT molecular complexity index is 458. The van der Waals surface area contributed by atoms with Crippen molar-refractivity contribution in [3.63, 3.8) is 0 Å². The van der Waals surface area contributed by atoms with Gasteiger partial charge in [0.2, 0.25) is 0 Å². The first-order chi connectivity index (χ1) is 9.21. The second-order valence-corrected chi connectivity index (χ2v) is 9.41. The van der Waals surface area contributed by atoms with Gasteiger partial charge in [0.15, 0.2) is 0 Å². The predicted octanol–water partition coefficient (Wildman–Crippen LogP) is 3.10. The molecular weight excluding hydrogens is 292 g/mol. The maximum atomic E-state index is 12.1. The van der Waals surface area contributed by atoms with Crippen LogP contribution in [-0.2, 0) is 19.6 Å². The summed E-state index contributed by atoms with van der Waals surface area (Å²) in [6.07, 6.45) is 1.50. The van der Waals surface area contributed by atoms with Crippen LogP contribution in [0.25, 0.3) is 0 Å². The Balaban J connectivity index is 4.82. The number of rotatable bonds is 8. The van der Waals surface area contributed by atoms with Crippen molar-refractivity contribution in [3.05, 3.63) is 0 Å². The molecule has 21 heavy (non-hydrogen) atoms. The molecule has 0 radical (unpaired) electrons. The van der Waals surface area contributed by atoms with E-state index in [9.17, 15) is 17.8 Å². The number of hydrogen-bond acceptors (Lipinski definition) is 5. The van der Waals surface area contributed by atoms with Crippen LogP contribution >= 0.6 is 0 Å². The molecule has 0 aromatic carbocycles. The highest BCUT2D eigenvalue weighted by molar-refractivity contribution is 7.87. The van der Waals surface area contributed by atoms with Crippen molar-refractivity contribution < 1.29 is 22.5 Å². The highest BCUT2D eigenvalue weighted by atomic mass is 32.2. The fourth-order valence-corrected chi connectivity index (χ4v) is 2.83. The Hall–Kier alpha value is -0.620. The number of hydrogen-bond donors (Lipinski definition) is 0. The Labute approximate surface area is 129 Å². The zero-order valence-electron chi connectivity index (χ0n) is 14.3. The summed E-state index contributed by atoms with van der Waals surface area (Å²) in [6, 6.07) is 0. The maximum absolute atomic E-state index is 12.1. The van der Waals surface area contributed by atoms with Gasteiger partial charge in [-0.15, -0.1) is 0 Å². The van der Waals surface area contributed by atoms with E-state index in [1.807, 2.05) is 20.8 Å². The summed E-state index contributed by atoms with van der Waals surface area (Å²) in [4.78, 5) is 12.1. The first kappa shape index (κ1) is 20.4. The Morgan fingerprint density at radius 1 is 1.05 bits per heavy atom. The minimum Gasteiger partial charge on any atom is -0.748 e. The Morgan fingerprint density at radius 3 is 1.81 bits per heavy atom. The molecule has 0 atom stereocenters. The highest BCUT2D eigenvalue weighted by Gasteiger charge is 2.37. The molecule has 0 fully saturated rings. The first-order valence-electron chi connectivity index (χ1n) is 7.33. The van der Waals surface area contributed by atoms with Crippen molar-refractivity contribution in [2.45, 2.75) is 72.5 Å². The van der Waals surface area contributed by atoms with Crippen LogP contribution in [0.2, 0.25) is 0 Å². The SMILES string of the molecule is CCC(C)(CC)C(=O)OCC(C)(C)CC(C)(C)S(=O)(=O)[O-]. The maximum Gasteiger partial charge on any atom is 0.311 e. The van der Waals surface area contributed by atoms with Gasteiger partial charge >= 0.3 is 5.97 Å². The van der Waals surface area contributed by atoms with Gasteiger partial charge in [-0.05, 0) is 40.0 Å². The van der Waals surface area contributed by atoms with Crippen molar-refractivity contribution in [1.82, 2.24) is 0 Å². The van der Waals surface area contributed by atoms with Crippen LogP contribution in [0.5, 0.6) is 0 Å². The summed E-state index contributed by atoms with van der Waals surface area (Å²) in [5.41, 5.74) is -1.10. The second-order valence-electron chi connectivity index (χ2n) is 7.40. The van der Waals surface area contributed by atoms with E-state index in [0.717, 1.165) is 0 Å². The monoisotopic (exact) mass is 321 g/mol. The summed E-state index contributed by atoms with van der Waals surface area (Å²) in [6.45, 7) is 12.2. The first-order valence-corrected chi connectivity index (χ1v) is 8.74. The number of carbonyl (C=O) groups is 1. The van der Waals surface area contributed by atoms with Gasteiger partial charge in [0.25, 0.3) is 0 Å². The fourth-order valence-electron chi connectivity index (χ4n) is 2.27. The number of esters is 1. The van der Waals surface area contributed by atoms with E-state index in [-0.39, 0.29) is 19.0 Å². The van der Waals surface area contributed by atoms with Gasteiger partial charge in [-0.3, -0.25) is 4.79 Å². The molecule has 0 bridgehead atoms. The van der Waals surface area contributed by atoms with Crippen LogP contribution in [0.3, 0.4) is 0 Å². The molecule has 0 aliphatic heterocycles. The van der Waals surface area contributed by atoms with Crippen molar-refractivity contribution >= 4 is 16.1 Å². The molecule has 0 aliphatic rings. The summed E-state index contributed by atoms with van der Waals surface area (Å²) < 4.78 is 37.8. The third-order valence-electron chi connectivity index (χ3n) is 4.23. The molecule has 0 aliphatic carbocycles. The topological polar surface area (TPSA) is 83.5 Å². The van der Waals surface area contributed by atoms with E-state index in [1.165, 1.54) is 13.8 Å². The molecule has 0 amide bonds. The van der Waals surface area contributed by atoms with Crippen molar-refractivity contribution in [1.29, 1.82) is 0 Å². The smallest absolute Gasteiger partial charge is 0.311 e. The summed E-state index contributed by atoms with van der Waals surface area (Å²) in [5.74, 6) is -0.275. The minimum absolute atomic E-state index is 0.0976. The van der Waals surface area contributed by atoms with E-state index in [4.69, 9.17) is 4.74 Å². The quantitative estimate of drug-likeness (QED) is 0.506. The van der Waals surface area contributed by atoms with Gasteiger partial charge < -0.3 is 9.29 Å². The van der Waals surface area contributed by atoms with Crippen molar-refractivity contribution in [3.8, 4) is 0 Å². The van der Waals surface area contributed by atoms with Crippen molar-refractivity contribution in [2.75, 3.05) is 6.61 Å². The molecule has 0 heterocycles. The molecule has 5 nitrogen and oxygen atoms in total. The summed E-state index contributed by atoms with van der Waals surface area (Å²) >= 11 is 0. The van der Waals surface area contributed by atoms with Crippen molar-refractivity contribution in [2.24, 2.45) is 10.8 Å². The predicted molar refractivity (Wildman–Crippen MR) is 81.8 cm³/mol. The molecule has 0 spiro atoms. The van der Waals surface area contributed by atoms with Crippen LogP contribution in [-0.4, -0.2) is 30.3 Å². The number of carbonyl (C=O) groups excluding carboxylic acids is 1. The standard InChI is InChI=1S/C15H30O5S/c1-8-15(7,9-2)12(16)20-11-13(3,4)10-14(5,6)21(17,18)19/h8-11H2,1-7H3,(H,17,18,19)/p-1. The summed E-state index contributed by atoms with van der Waals surface area (Å²) in [7, 11) is -4.40. The zero-order chi connectivity index (χ0) is 17.1. The molecule has 0 rings (SSSR count). The lowest BCUT2D eigenvalue weighted by Gasteiger charge is -2.36. The normalized spacial score (nSPS) is 14.1. The van der Waals surface area contributed by atoms with Crippen LogP contribution in [0.4, 0.5) is 0 Å². The molecular formula is C15H29O5S-. The van der Waals surface area contributed by atoms with Gasteiger partial charge in [-0.1, -0.05) is 27.7 Å². The molecule has 126 valence electrons. The lowest BCUT2D eigenvalue weighted by molar-refractivity contribution is -0.158. The zero-order valence-corrected chi connectivity index (χ0v) is 15.1. The molecule has 6 heteroatoms. The van der Waals surface area contributed by atoms with Crippen LogP contribution in [0.15, 0.2) is 0 Å². The van der Waals surface area contributed by atoms with Gasteiger partial charge in [0.1, 0.15) is 0 Å². The second kappa shape index (κ2) is 6.65. The largest absolute Gasteiger partial charge is 0.748 e. The van der Waals surface area contributed by atoms with Gasteiger partial charge in [0, 0.05) is 5.41 Å².